The van der Waals surface area contributed by atoms with Gasteiger partial charge >= 0.3 is 0 Å². The molecule has 0 unspecified atom stereocenters. The fourth-order valence-electron chi connectivity index (χ4n) is 1.76. The van der Waals surface area contributed by atoms with Gasteiger partial charge in [-0.15, -0.1) is 12.4 Å². The van der Waals surface area contributed by atoms with Crippen LogP contribution in [0.2, 0.25) is 0 Å². The molecule has 0 aromatic heterocycles. The molecule has 0 saturated carbocycles. The second-order valence-electron chi connectivity index (χ2n) is 3.88. The van der Waals surface area contributed by atoms with E-state index in [-0.39, 0.29) is 18.3 Å². The van der Waals surface area contributed by atoms with E-state index in [0.717, 1.165) is 36.6 Å². The van der Waals surface area contributed by atoms with Crippen LogP contribution >= 0.6 is 24.2 Å². The summed E-state index contributed by atoms with van der Waals surface area (Å²) in [4.78, 5) is 14.1. The number of hydrogen-bond acceptors (Lipinski definition) is 3. The molecule has 0 spiro atoms. The van der Waals surface area contributed by atoms with E-state index in [4.69, 9.17) is 5.73 Å². The molecule has 1 aliphatic heterocycles. The number of nitrogens with two attached hydrogens (primary N) is 1. The lowest BCUT2D eigenvalue weighted by Gasteiger charge is -2.19. The second kappa shape index (κ2) is 6.77. The van der Waals surface area contributed by atoms with Gasteiger partial charge in [-0.1, -0.05) is 0 Å². The van der Waals surface area contributed by atoms with Crippen molar-refractivity contribution in [3.63, 3.8) is 0 Å². The van der Waals surface area contributed by atoms with Crippen LogP contribution in [0.25, 0.3) is 0 Å². The predicted molar refractivity (Wildman–Crippen MR) is 75.9 cm³/mol. The highest BCUT2D eigenvalue weighted by Gasteiger charge is 2.16. The lowest BCUT2D eigenvalue weighted by Crippen LogP contribution is -2.32. The Bertz CT molecular complexity index is 361. The highest BCUT2D eigenvalue weighted by Crippen LogP contribution is 2.14. The molecule has 2 rings (SSSR count). The minimum atomic E-state index is 0. The summed E-state index contributed by atoms with van der Waals surface area (Å²) >= 11 is 1.92. The predicted octanol–water partition coefficient (Wildman–Crippen LogP) is 2.27. The Morgan fingerprint density at radius 1 is 1.18 bits per heavy atom. The monoisotopic (exact) mass is 272 g/mol. The van der Waals surface area contributed by atoms with Crippen molar-refractivity contribution in [2.75, 3.05) is 30.3 Å². The number of carbonyl (C=O) groups excluding carboxylic acids is 1. The van der Waals surface area contributed by atoms with Gasteiger partial charge in [0.05, 0.1) is 0 Å². The fraction of sp³-hybridized carbons (Fsp3) is 0.417. The number of anilines is 1. The average molecular weight is 273 g/mol. The normalized spacial score (nSPS) is 15.9. The summed E-state index contributed by atoms with van der Waals surface area (Å²) in [5, 5.41) is 0. The molecule has 3 nitrogen and oxygen atoms in total. The summed E-state index contributed by atoms with van der Waals surface area (Å²) in [6, 6.07) is 7.16. The molecular formula is C12H17ClN2OS. The van der Waals surface area contributed by atoms with E-state index in [9.17, 15) is 4.79 Å². The van der Waals surface area contributed by atoms with Crippen molar-refractivity contribution in [1.82, 2.24) is 4.90 Å². The van der Waals surface area contributed by atoms with Crippen LogP contribution in [0.15, 0.2) is 24.3 Å². The van der Waals surface area contributed by atoms with Gasteiger partial charge in [0, 0.05) is 30.1 Å². The Morgan fingerprint density at radius 2 is 1.88 bits per heavy atom. The van der Waals surface area contributed by atoms with Crippen LogP contribution in [0.3, 0.4) is 0 Å². The highest BCUT2D eigenvalue weighted by atomic mass is 35.5. The molecule has 1 aromatic carbocycles. The molecule has 94 valence electrons. The number of nitrogen functional groups attached to an aromatic ring is 1. The van der Waals surface area contributed by atoms with E-state index < -0.39 is 0 Å². The third-order valence-corrected chi connectivity index (χ3v) is 3.72. The first-order valence-electron chi connectivity index (χ1n) is 5.50. The number of amides is 1. The number of halogens is 1. The van der Waals surface area contributed by atoms with Gasteiger partial charge < -0.3 is 10.6 Å². The van der Waals surface area contributed by atoms with Gasteiger partial charge in [0.25, 0.3) is 5.91 Å². The second-order valence-corrected chi connectivity index (χ2v) is 5.10. The molecule has 5 heteroatoms. The smallest absolute Gasteiger partial charge is 0.253 e. The lowest BCUT2D eigenvalue weighted by molar-refractivity contribution is 0.0768. The van der Waals surface area contributed by atoms with Crippen molar-refractivity contribution in [2.45, 2.75) is 6.42 Å². The van der Waals surface area contributed by atoms with Gasteiger partial charge in [-0.05, 0) is 36.4 Å². The van der Waals surface area contributed by atoms with E-state index in [0.29, 0.717) is 5.69 Å². The van der Waals surface area contributed by atoms with Crippen LogP contribution < -0.4 is 5.73 Å². The number of benzene rings is 1. The molecule has 1 saturated heterocycles. The molecule has 1 aliphatic rings. The Kier molecular flexibility index (Phi) is 5.65. The van der Waals surface area contributed by atoms with Crippen LogP contribution in [-0.2, 0) is 0 Å². The summed E-state index contributed by atoms with van der Waals surface area (Å²) < 4.78 is 0. The molecule has 17 heavy (non-hydrogen) atoms. The Labute approximate surface area is 112 Å². The van der Waals surface area contributed by atoms with Gasteiger partial charge in [0.1, 0.15) is 0 Å². The molecule has 1 aromatic rings. The lowest BCUT2D eigenvalue weighted by atomic mass is 10.2. The average Bonchev–Trinajstić information content (AvgIpc) is 2.57. The number of hydrogen-bond donors (Lipinski definition) is 1. The zero-order valence-electron chi connectivity index (χ0n) is 9.59. The van der Waals surface area contributed by atoms with E-state index in [1.165, 1.54) is 0 Å². The molecule has 2 N–H and O–H groups in total. The minimum Gasteiger partial charge on any atom is -0.399 e. The van der Waals surface area contributed by atoms with Gasteiger partial charge in [0.2, 0.25) is 0 Å². The Morgan fingerprint density at radius 3 is 2.59 bits per heavy atom. The topological polar surface area (TPSA) is 46.3 Å². The highest BCUT2D eigenvalue weighted by molar-refractivity contribution is 7.99. The minimum absolute atomic E-state index is 0. The van der Waals surface area contributed by atoms with Crippen molar-refractivity contribution >= 4 is 35.8 Å². The Hall–Kier alpha value is -0.870. The summed E-state index contributed by atoms with van der Waals surface area (Å²) in [5.74, 6) is 2.33. The first kappa shape index (κ1) is 14.2. The standard InChI is InChI=1S/C12H16N2OS.ClH/c13-11-4-2-10(3-5-11)12(15)14-6-1-8-16-9-7-14;/h2-5H,1,6-9,13H2;1H. The molecular weight excluding hydrogens is 256 g/mol. The van der Waals surface area contributed by atoms with Crippen LogP contribution in [0, 0.1) is 0 Å². The molecule has 1 heterocycles. The molecule has 0 bridgehead atoms. The van der Waals surface area contributed by atoms with Crippen LogP contribution in [0.5, 0.6) is 0 Å². The van der Waals surface area contributed by atoms with Crippen LogP contribution in [0.4, 0.5) is 5.69 Å². The maximum absolute atomic E-state index is 12.1. The first-order chi connectivity index (χ1) is 7.77. The van der Waals surface area contributed by atoms with E-state index in [1.807, 2.05) is 16.7 Å². The summed E-state index contributed by atoms with van der Waals surface area (Å²) in [6.45, 7) is 1.73. The molecule has 1 amide bonds. The summed E-state index contributed by atoms with van der Waals surface area (Å²) in [5.41, 5.74) is 7.04. The maximum atomic E-state index is 12.1. The number of rotatable bonds is 1. The van der Waals surface area contributed by atoms with Gasteiger partial charge in [-0.25, -0.2) is 0 Å². The summed E-state index contributed by atoms with van der Waals surface area (Å²) in [7, 11) is 0. The fourth-order valence-corrected chi connectivity index (χ4v) is 2.64. The van der Waals surface area contributed by atoms with Crippen molar-refractivity contribution in [3.8, 4) is 0 Å². The molecule has 0 atom stereocenters. The van der Waals surface area contributed by atoms with Crippen molar-refractivity contribution < 1.29 is 4.79 Å². The third-order valence-electron chi connectivity index (χ3n) is 2.67. The van der Waals surface area contributed by atoms with E-state index in [1.54, 1.807) is 24.3 Å². The van der Waals surface area contributed by atoms with Crippen molar-refractivity contribution in [3.05, 3.63) is 29.8 Å². The number of carbonyl (C=O) groups is 1. The van der Waals surface area contributed by atoms with E-state index in [2.05, 4.69) is 0 Å². The van der Waals surface area contributed by atoms with E-state index >= 15 is 0 Å². The zero-order valence-corrected chi connectivity index (χ0v) is 11.2. The summed E-state index contributed by atoms with van der Waals surface area (Å²) in [6.07, 6.45) is 1.09. The molecule has 1 fully saturated rings. The molecule has 0 aliphatic carbocycles. The Balaban J connectivity index is 0.00000144. The quantitative estimate of drug-likeness (QED) is 0.798. The van der Waals surface area contributed by atoms with Gasteiger partial charge in [-0.2, -0.15) is 11.8 Å². The maximum Gasteiger partial charge on any atom is 0.253 e. The SMILES string of the molecule is Cl.Nc1ccc(C(=O)N2CCCSCC2)cc1. The third kappa shape index (κ3) is 3.82. The largest absolute Gasteiger partial charge is 0.399 e. The van der Waals surface area contributed by atoms with Crippen molar-refractivity contribution in [2.24, 2.45) is 0 Å². The van der Waals surface area contributed by atoms with Crippen LogP contribution in [-0.4, -0.2) is 35.4 Å². The first-order valence-corrected chi connectivity index (χ1v) is 6.65. The van der Waals surface area contributed by atoms with Crippen LogP contribution in [0.1, 0.15) is 16.8 Å². The zero-order chi connectivity index (χ0) is 11.4. The molecule has 0 radical (unpaired) electrons. The number of nitrogens with zero attached hydrogens (tertiary/aromatic N) is 1. The van der Waals surface area contributed by atoms with Crippen molar-refractivity contribution in [1.29, 1.82) is 0 Å². The van der Waals surface area contributed by atoms with Gasteiger partial charge in [-0.3, -0.25) is 4.79 Å². The van der Waals surface area contributed by atoms with Gasteiger partial charge in [0.15, 0.2) is 0 Å². The number of thioether (sulfide) groups is 1.